The molecule has 1 aliphatic rings. The number of thiazole rings is 1. The number of halogens is 1. The summed E-state index contributed by atoms with van der Waals surface area (Å²) in [6.45, 7) is 0. The minimum absolute atomic E-state index is 0.223. The molecule has 3 heterocycles. The number of carbonyl (C=O) groups excluding carboxylic acids is 1. The molecule has 0 radical (unpaired) electrons. The number of nitrogens with one attached hydrogen (secondary N) is 3. The Hall–Kier alpha value is -2.78. The molecule has 7 nitrogen and oxygen atoms in total. The van der Waals surface area contributed by atoms with Crippen LogP contribution in [0.25, 0.3) is 10.9 Å². The van der Waals surface area contributed by atoms with E-state index in [4.69, 9.17) is 0 Å². The molecule has 0 spiro atoms. The number of aromatic amines is 1. The van der Waals surface area contributed by atoms with Gasteiger partial charge in [-0.1, -0.05) is 17.4 Å². The molecule has 1 saturated carbocycles. The number of aromatic nitrogens is 4. The number of hydrogen-bond acceptors (Lipinski definition) is 6. The first-order valence-electron chi connectivity index (χ1n) is 8.80. The molecule has 4 aromatic rings. The van der Waals surface area contributed by atoms with Gasteiger partial charge in [-0.25, -0.2) is 9.97 Å². The van der Waals surface area contributed by atoms with Gasteiger partial charge < -0.3 is 10.6 Å². The van der Waals surface area contributed by atoms with Gasteiger partial charge in [-0.05, 0) is 53.0 Å². The molecule has 9 heteroatoms. The lowest BCUT2D eigenvalue weighted by molar-refractivity contribution is 0.103. The summed E-state index contributed by atoms with van der Waals surface area (Å²) in [5.41, 5.74) is 2.64. The minimum atomic E-state index is -0.223. The van der Waals surface area contributed by atoms with E-state index in [1.807, 2.05) is 24.3 Å². The third-order valence-electron chi connectivity index (χ3n) is 4.54. The summed E-state index contributed by atoms with van der Waals surface area (Å²) in [5, 5.41) is 14.5. The molecular formula is C19H15BrN6OS. The van der Waals surface area contributed by atoms with Gasteiger partial charge in [-0.15, -0.1) is 0 Å². The number of carbonyl (C=O) groups is 1. The van der Waals surface area contributed by atoms with Gasteiger partial charge in [0.1, 0.15) is 10.7 Å². The zero-order valence-corrected chi connectivity index (χ0v) is 17.0. The van der Waals surface area contributed by atoms with E-state index in [2.05, 4.69) is 52.8 Å². The van der Waals surface area contributed by atoms with Crippen LogP contribution in [-0.2, 0) is 0 Å². The second-order valence-electron chi connectivity index (χ2n) is 6.58. The van der Waals surface area contributed by atoms with E-state index in [1.165, 1.54) is 24.2 Å². The van der Waals surface area contributed by atoms with Crippen LogP contribution in [0.1, 0.15) is 34.1 Å². The maximum absolute atomic E-state index is 12.7. The molecule has 3 aromatic heterocycles. The molecule has 3 N–H and O–H groups in total. The van der Waals surface area contributed by atoms with Crippen molar-refractivity contribution in [1.29, 1.82) is 0 Å². The van der Waals surface area contributed by atoms with Crippen molar-refractivity contribution in [3.8, 4) is 0 Å². The Morgan fingerprint density at radius 3 is 2.96 bits per heavy atom. The van der Waals surface area contributed by atoms with E-state index in [-0.39, 0.29) is 5.91 Å². The van der Waals surface area contributed by atoms with Crippen molar-refractivity contribution in [3.63, 3.8) is 0 Å². The van der Waals surface area contributed by atoms with E-state index in [1.54, 1.807) is 12.4 Å². The number of benzene rings is 1. The number of rotatable bonds is 5. The van der Waals surface area contributed by atoms with Crippen LogP contribution in [0.2, 0.25) is 0 Å². The number of fused-ring (bicyclic) bond motifs is 1. The van der Waals surface area contributed by atoms with Gasteiger partial charge in [-0.3, -0.25) is 9.89 Å². The van der Waals surface area contributed by atoms with Gasteiger partial charge in [0.25, 0.3) is 5.91 Å². The first-order valence-corrected chi connectivity index (χ1v) is 10.4. The number of amides is 1. The second kappa shape index (κ2) is 6.99. The summed E-state index contributed by atoms with van der Waals surface area (Å²) < 4.78 is 0.790. The van der Waals surface area contributed by atoms with E-state index < -0.39 is 0 Å². The molecule has 0 aliphatic heterocycles. The van der Waals surface area contributed by atoms with Crippen molar-refractivity contribution in [1.82, 2.24) is 20.2 Å². The average molecular weight is 455 g/mol. The van der Waals surface area contributed by atoms with Gasteiger partial charge in [0, 0.05) is 21.5 Å². The van der Waals surface area contributed by atoms with Gasteiger partial charge in [0.15, 0.2) is 5.13 Å². The van der Waals surface area contributed by atoms with Gasteiger partial charge in [0.2, 0.25) is 0 Å². The monoisotopic (exact) mass is 454 g/mol. The molecule has 1 fully saturated rings. The van der Waals surface area contributed by atoms with Crippen LogP contribution in [0, 0.1) is 0 Å². The van der Waals surface area contributed by atoms with Crippen LogP contribution in [0.3, 0.4) is 0 Å². The van der Waals surface area contributed by atoms with Crippen molar-refractivity contribution in [2.75, 3.05) is 10.6 Å². The fourth-order valence-electron chi connectivity index (χ4n) is 2.97. The zero-order valence-electron chi connectivity index (χ0n) is 14.6. The third kappa shape index (κ3) is 3.38. The number of pyridine rings is 1. The molecule has 1 aliphatic carbocycles. The molecule has 1 aromatic carbocycles. The predicted octanol–water partition coefficient (Wildman–Crippen LogP) is 5.05. The van der Waals surface area contributed by atoms with E-state index in [0.29, 0.717) is 21.6 Å². The SMILES string of the molecule is O=C(Nc1c(Br)ccc2[nH]ncc12)c1cnc(Nc2cccc(C3CC3)n2)s1. The average Bonchev–Trinajstić information content (AvgIpc) is 3.26. The Labute approximate surface area is 172 Å². The van der Waals surface area contributed by atoms with Crippen LogP contribution in [0.4, 0.5) is 16.6 Å². The largest absolute Gasteiger partial charge is 0.320 e. The quantitative estimate of drug-likeness (QED) is 0.392. The fraction of sp³-hybridized carbons (Fsp3) is 0.158. The Kier molecular flexibility index (Phi) is 4.33. The summed E-state index contributed by atoms with van der Waals surface area (Å²) in [4.78, 5) is 22.2. The van der Waals surface area contributed by atoms with Crippen LogP contribution in [-0.4, -0.2) is 26.1 Å². The smallest absolute Gasteiger partial charge is 0.267 e. The number of hydrogen-bond donors (Lipinski definition) is 3. The van der Waals surface area contributed by atoms with Crippen molar-refractivity contribution in [2.24, 2.45) is 0 Å². The highest BCUT2D eigenvalue weighted by atomic mass is 79.9. The first kappa shape index (κ1) is 17.3. The lowest BCUT2D eigenvalue weighted by Crippen LogP contribution is -2.10. The van der Waals surface area contributed by atoms with Crippen molar-refractivity contribution >= 4 is 60.7 Å². The fourth-order valence-corrected chi connectivity index (χ4v) is 4.13. The topological polar surface area (TPSA) is 95.6 Å². The lowest BCUT2D eigenvalue weighted by Gasteiger charge is -2.07. The molecule has 0 bridgehead atoms. The standard InChI is InChI=1S/C19H15BrN6OS/c20-12-6-7-14-11(8-22-26-14)17(12)25-18(27)15-9-21-19(28-15)24-16-3-1-2-13(23-16)10-4-5-10/h1-3,6-10H,4-5H2,(H,22,26)(H,25,27)(H,21,23,24). The Morgan fingerprint density at radius 1 is 1.21 bits per heavy atom. The van der Waals surface area contributed by atoms with Crippen LogP contribution < -0.4 is 10.6 Å². The summed E-state index contributed by atoms with van der Waals surface area (Å²) in [5.74, 6) is 1.11. The summed E-state index contributed by atoms with van der Waals surface area (Å²) in [6.07, 6.45) is 5.67. The third-order valence-corrected chi connectivity index (χ3v) is 6.11. The lowest BCUT2D eigenvalue weighted by atomic mass is 10.2. The summed E-state index contributed by atoms with van der Waals surface area (Å²) in [7, 11) is 0. The van der Waals surface area contributed by atoms with Gasteiger partial charge >= 0.3 is 0 Å². The first-order chi connectivity index (χ1) is 13.7. The van der Waals surface area contributed by atoms with Crippen LogP contribution in [0.5, 0.6) is 0 Å². The minimum Gasteiger partial charge on any atom is -0.320 e. The summed E-state index contributed by atoms with van der Waals surface area (Å²) in [6, 6.07) is 9.73. The van der Waals surface area contributed by atoms with Crippen molar-refractivity contribution in [3.05, 3.63) is 57.8 Å². The highest BCUT2D eigenvalue weighted by Gasteiger charge is 2.25. The second-order valence-corrected chi connectivity index (χ2v) is 8.47. The van der Waals surface area contributed by atoms with Crippen LogP contribution in [0.15, 0.2) is 47.2 Å². The summed E-state index contributed by atoms with van der Waals surface area (Å²) >= 11 is 4.77. The van der Waals surface area contributed by atoms with E-state index >= 15 is 0 Å². The molecular weight excluding hydrogens is 440 g/mol. The van der Waals surface area contributed by atoms with Crippen LogP contribution >= 0.6 is 27.3 Å². The maximum Gasteiger partial charge on any atom is 0.267 e. The maximum atomic E-state index is 12.7. The zero-order chi connectivity index (χ0) is 19.1. The number of anilines is 3. The molecule has 5 rings (SSSR count). The predicted molar refractivity (Wildman–Crippen MR) is 113 cm³/mol. The Morgan fingerprint density at radius 2 is 2.11 bits per heavy atom. The van der Waals surface area contributed by atoms with E-state index in [9.17, 15) is 4.79 Å². The van der Waals surface area contributed by atoms with Crippen molar-refractivity contribution < 1.29 is 4.79 Å². The number of nitrogens with zero attached hydrogens (tertiary/aromatic N) is 3. The van der Waals surface area contributed by atoms with Gasteiger partial charge in [-0.2, -0.15) is 5.10 Å². The van der Waals surface area contributed by atoms with Gasteiger partial charge in [0.05, 0.1) is 23.6 Å². The Balaban J connectivity index is 1.34. The Bertz CT molecular complexity index is 1180. The van der Waals surface area contributed by atoms with Crippen molar-refractivity contribution in [2.45, 2.75) is 18.8 Å². The molecule has 140 valence electrons. The molecule has 0 unspecified atom stereocenters. The molecule has 0 atom stereocenters. The highest BCUT2D eigenvalue weighted by molar-refractivity contribution is 9.10. The van der Waals surface area contributed by atoms with E-state index in [0.717, 1.165) is 26.9 Å². The highest BCUT2D eigenvalue weighted by Crippen LogP contribution is 2.39. The molecule has 1 amide bonds. The number of H-pyrrole nitrogens is 1. The molecule has 0 saturated heterocycles. The normalized spacial score (nSPS) is 13.6. The molecule has 28 heavy (non-hydrogen) atoms.